The number of piperidine rings is 1. The number of hydrogen-bond donors (Lipinski definition) is 1. The van der Waals surface area contributed by atoms with Gasteiger partial charge < -0.3 is 5.32 Å². The maximum atomic E-state index is 12.3. The van der Waals surface area contributed by atoms with E-state index in [9.17, 15) is 14.9 Å². The van der Waals surface area contributed by atoms with E-state index >= 15 is 0 Å². The van der Waals surface area contributed by atoms with E-state index in [4.69, 9.17) is 11.6 Å². The molecule has 2 aromatic carbocycles. The van der Waals surface area contributed by atoms with Gasteiger partial charge in [-0.25, -0.2) is 0 Å². The predicted octanol–water partition coefficient (Wildman–Crippen LogP) is 4.49. The molecule has 0 spiro atoms. The number of amides is 1. The molecule has 6 nitrogen and oxygen atoms in total. The second-order valence-electron chi connectivity index (χ2n) is 6.41. The number of nitrogens with one attached hydrogen (secondary N) is 1. The third kappa shape index (κ3) is 4.59. The van der Waals surface area contributed by atoms with Crippen LogP contribution < -0.4 is 5.32 Å². The number of carbonyl (C=O) groups excluding carboxylic acids is 1. The number of anilines is 1. The molecule has 0 saturated carbocycles. The Morgan fingerprint density at radius 1 is 1.12 bits per heavy atom. The first-order valence-corrected chi connectivity index (χ1v) is 8.97. The van der Waals surface area contributed by atoms with Gasteiger partial charge in [0.1, 0.15) is 0 Å². The smallest absolute Gasteiger partial charge is 0.270 e. The Morgan fingerprint density at radius 2 is 1.81 bits per heavy atom. The third-order valence-electron chi connectivity index (χ3n) is 4.47. The molecular formula is C19H20ClN3O3. The van der Waals surface area contributed by atoms with Crippen LogP contribution in [0, 0.1) is 10.1 Å². The number of rotatable bonds is 5. The van der Waals surface area contributed by atoms with Crippen molar-refractivity contribution in [2.24, 2.45) is 0 Å². The van der Waals surface area contributed by atoms with Crippen molar-refractivity contribution in [2.45, 2.75) is 25.8 Å². The lowest BCUT2D eigenvalue weighted by molar-refractivity contribution is -0.384. The Labute approximate surface area is 156 Å². The second kappa shape index (κ2) is 8.29. The number of halogens is 1. The zero-order valence-electron chi connectivity index (χ0n) is 14.3. The van der Waals surface area contributed by atoms with E-state index in [1.165, 1.54) is 43.0 Å². The molecule has 26 heavy (non-hydrogen) atoms. The number of benzene rings is 2. The average molecular weight is 374 g/mol. The number of likely N-dealkylation sites (tertiary alicyclic amines) is 1. The van der Waals surface area contributed by atoms with Crippen LogP contribution in [0.3, 0.4) is 0 Å². The minimum atomic E-state index is -0.547. The van der Waals surface area contributed by atoms with E-state index in [-0.39, 0.29) is 16.3 Å². The van der Waals surface area contributed by atoms with Crippen LogP contribution in [-0.2, 0) is 6.54 Å². The summed E-state index contributed by atoms with van der Waals surface area (Å²) in [6, 6.07) is 11.5. The predicted molar refractivity (Wildman–Crippen MR) is 102 cm³/mol. The highest BCUT2D eigenvalue weighted by Crippen LogP contribution is 2.23. The number of nitrogens with zero attached hydrogens (tertiary/aromatic N) is 2. The van der Waals surface area contributed by atoms with Gasteiger partial charge in [-0.1, -0.05) is 30.2 Å². The molecule has 1 heterocycles. The van der Waals surface area contributed by atoms with Crippen molar-refractivity contribution in [3.63, 3.8) is 0 Å². The van der Waals surface area contributed by atoms with E-state index in [0.717, 1.165) is 19.6 Å². The molecular weight excluding hydrogens is 354 g/mol. The molecule has 0 aliphatic carbocycles. The summed E-state index contributed by atoms with van der Waals surface area (Å²) in [7, 11) is 0. The Bertz CT molecular complexity index is 802. The summed E-state index contributed by atoms with van der Waals surface area (Å²) in [4.78, 5) is 25.0. The molecule has 7 heteroatoms. The van der Waals surface area contributed by atoms with Crippen molar-refractivity contribution in [1.29, 1.82) is 0 Å². The minimum Gasteiger partial charge on any atom is -0.322 e. The fourth-order valence-electron chi connectivity index (χ4n) is 3.07. The molecule has 0 atom stereocenters. The molecule has 0 radical (unpaired) electrons. The first-order valence-electron chi connectivity index (χ1n) is 8.59. The van der Waals surface area contributed by atoms with Crippen LogP contribution in [0.1, 0.15) is 35.2 Å². The maximum absolute atomic E-state index is 12.3. The van der Waals surface area contributed by atoms with Gasteiger partial charge in [0.05, 0.1) is 15.5 Å². The number of carbonyl (C=O) groups is 1. The SMILES string of the molecule is O=C(Nc1ccc(CN2CCCCC2)cc1)c1ccc([N+](=O)[O-])cc1Cl. The van der Waals surface area contributed by atoms with Crippen molar-refractivity contribution in [3.05, 3.63) is 68.7 Å². The lowest BCUT2D eigenvalue weighted by Gasteiger charge is -2.26. The van der Waals surface area contributed by atoms with Crippen molar-refractivity contribution in [2.75, 3.05) is 18.4 Å². The summed E-state index contributed by atoms with van der Waals surface area (Å²) in [6.07, 6.45) is 3.82. The number of hydrogen-bond acceptors (Lipinski definition) is 4. The monoisotopic (exact) mass is 373 g/mol. The summed E-state index contributed by atoms with van der Waals surface area (Å²) in [5.41, 5.74) is 1.92. The Hall–Kier alpha value is -2.44. The summed E-state index contributed by atoms with van der Waals surface area (Å²) < 4.78 is 0. The summed E-state index contributed by atoms with van der Waals surface area (Å²) in [5, 5.41) is 13.6. The van der Waals surface area contributed by atoms with Crippen molar-refractivity contribution in [3.8, 4) is 0 Å². The average Bonchev–Trinajstić information content (AvgIpc) is 2.64. The molecule has 1 aliphatic heterocycles. The molecule has 1 saturated heterocycles. The zero-order valence-corrected chi connectivity index (χ0v) is 15.0. The zero-order chi connectivity index (χ0) is 18.5. The van der Waals surface area contributed by atoms with Crippen LogP contribution in [0.2, 0.25) is 5.02 Å². The Kier molecular flexibility index (Phi) is 5.85. The molecule has 0 bridgehead atoms. The van der Waals surface area contributed by atoms with Crippen LogP contribution in [-0.4, -0.2) is 28.8 Å². The molecule has 1 fully saturated rings. The van der Waals surface area contributed by atoms with Crippen molar-refractivity contribution in [1.82, 2.24) is 4.90 Å². The highest BCUT2D eigenvalue weighted by Gasteiger charge is 2.15. The van der Waals surface area contributed by atoms with Gasteiger partial charge in [0.2, 0.25) is 0 Å². The van der Waals surface area contributed by atoms with Crippen LogP contribution >= 0.6 is 11.6 Å². The van der Waals surface area contributed by atoms with Crippen molar-refractivity contribution < 1.29 is 9.72 Å². The fourth-order valence-corrected chi connectivity index (χ4v) is 3.33. The van der Waals surface area contributed by atoms with E-state index in [2.05, 4.69) is 10.2 Å². The summed E-state index contributed by atoms with van der Waals surface area (Å²) in [5.74, 6) is -0.395. The quantitative estimate of drug-likeness (QED) is 0.619. The van der Waals surface area contributed by atoms with Crippen LogP contribution in [0.4, 0.5) is 11.4 Å². The fraction of sp³-hybridized carbons (Fsp3) is 0.316. The molecule has 1 aliphatic rings. The van der Waals surface area contributed by atoms with Gasteiger partial charge in [-0.15, -0.1) is 0 Å². The minimum absolute atomic E-state index is 0.0541. The highest BCUT2D eigenvalue weighted by molar-refractivity contribution is 6.34. The van der Waals surface area contributed by atoms with Crippen LogP contribution in [0.25, 0.3) is 0 Å². The highest BCUT2D eigenvalue weighted by atomic mass is 35.5. The first kappa shape index (κ1) is 18.4. The maximum Gasteiger partial charge on any atom is 0.270 e. The van der Waals surface area contributed by atoms with Gasteiger partial charge in [0.15, 0.2) is 0 Å². The lowest BCUT2D eigenvalue weighted by Crippen LogP contribution is -2.29. The normalized spacial score (nSPS) is 14.8. The van der Waals surface area contributed by atoms with Gasteiger partial charge in [-0.05, 0) is 49.7 Å². The third-order valence-corrected chi connectivity index (χ3v) is 4.79. The largest absolute Gasteiger partial charge is 0.322 e. The van der Waals surface area contributed by atoms with Gasteiger partial charge in [-0.3, -0.25) is 19.8 Å². The molecule has 136 valence electrons. The van der Waals surface area contributed by atoms with Crippen LogP contribution in [0.15, 0.2) is 42.5 Å². The summed E-state index contributed by atoms with van der Waals surface area (Å²) >= 11 is 6.00. The van der Waals surface area contributed by atoms with E-state index in [1.807, 2.05) is 24.3 Å². The van der Waals surface area contributed by atoms with Crippen LogP contribution in [0.5, 0.6) is 0 Å². The van der Waals surface area contributed by atoms with E-state index < -0.39 is 10.8 Å². The van der Waals surface area contributed by atoms with E-state index in [0.29, 0.717) is 5.69 Å². The lowest BCUT2D eigenvalue weighted by atomic mass is 10.1. The first-order chi connectivity index (χ1) is 12.5. The molecule has 1 amide bonds. The topological polar surface area (TPSA) is 75.5 Å². The van der Waals surface area contributed by atoms with Gasteiger partial charge in [0.25, 0.3) is 11.6 Å². The summed E-state index contributed by atoms with van der Waals surface area (Å²) in [6.45, 7) is 3.19. The Morgan fingerprint density at radius 3 is 2.42 bits per heavy atom. The second-order valence-corrected chi connectivity index (χ2v) is 6.82. The van der Waals surface area contributed by atoms with Gasteiger partial charge in [-0.2, -0.15) is 0 Å². The molecule has 0 aromatic heterocycles. The molecule has 0 unspecified atom stereocenters. The van der Waals surface area contributed by atoms with Crippen molar-refractivity contribution >= 4 is 28.9 Å². The van der Waals surface area contributed by atoms with Gasteiger partial charge in [0, 0.05) is 24.4 Å². The molecule has 3 rings (SSSR count). The van der Waals surface area contributed by atoms with E-state index in [1.54, 1.807) is 0 Å². The Balaban J connectivity index is 1.63. The van der Waals surface area contributed by atoms with Gasteiger partial charge >= 0.3 is 0 Å². The molecule has 1 N–H and O–H groups in total. The number of nitro groups is 1. The molecule has 2 aromatic rings. The number of non-ortho nitro benzene ring substituents is 1. The number of nitro benzene ring substituents is 1. The standard InChI is InChI=1S/C19H20ClN3O3/c20-18-12-16(23(25)26)8-9-17(18)19(24)21-15-6-4-14(5-7-15)13-22-10-2-1-3-11-22/h4-9,12H,1-3,10-11,13H2,(H,21,24).